The second-order valence-corrected chi connectivity index (χ2v) is 7.61. The molecule has 2 aromatic carbocycles. The van der Waals surface area contributed by atoms with Crippen LogP contribution in [0.15, 0.2) is 42.5 Å². The lowest BCUT2D eigenvalue weighted by Gasteiger charge is -2.29. The monoisotopic (exact) mass is 412 g/mol. The van der Waals surface area contributed by atoms with Crippen molar-refractivity contribution in [2.75, 3.05) is 55.4 Å². The summed E-state index contributed by atoms with van der Waals surface area (Å²) < 4.78 is 5.38. The van der Waals surface area contributed by atoms with Crippen LogP contribution in [0.5, 0.6) is 0 Å². The predicted octanol–water partition coefficient (Wildman–Crippen LogP) is 3.41. The molecule has 0 radical (unpaired) electrons. The Morgan fingerprint density at radius 2 is 1.79 bits per heavy atom. The van der Waals surface area contributed by atoms with Crippen molar-refractivity contribution in [1.29, 1.82) is 0 Å². The normalized spacial score (nSPS) is 13.7. The van der Waals surface area contributed by atoms with Crippen LogP contribution in [0.3, 0.4) is 0 Å². The number of nitrogens with zero attached hydrogens (tertiary/aromatic N) is 2. The Labute approximate surface area is 177 Å². The molecule has 1 amide bonds. The van der Waals surface area contributed by atoms with Crippen molar-refractivity contribution in [3.05, 3.63) is 53.6 Å². The number of rotatable bonds is 5. The van der Waals surface area contributed by atoms with Gasteiger partial charge < -0.3 is 25.2 Å². The molecule has 7 heteroatoms. The van der Waals surface area contributed by atoms with Gasteiger partial charge in [0, 0.05) is 37.2 Å². The zero-order valence-electron chi connectivity index (χ0n) is 17.2. The molecule has 0 bridgehead atoms. The third-order valence-electron chi connectivity index (χ3n) is 5.10. The van der Waals surface area contributed by atoms with E-state index >= 15 is 0 Å². The first-order valence-corrected chi connectivity index (χ1v) is 10.2. The first-order chi connectivity index (χ1) is 13.9. The highest BCUT2D eigenvalue weighted by atomic mass is 32.1. The van der Waals surface area contributed by atoms with Gasteiger partial charge in [0.25, 0.3) is 0 Å². The van der Waals surface area contributed by atoms with Gasteiger partial charge in [0.1, 0.15) is 0 Å². The number of carbonyl (C=O) groups excluding carboxylic acids is 1. The molecule has 3 rings (SSSR count). The average molecular weight is 413 g/mol. The third-order valence-corrected chi connectivity index (χ3v) is 5.51. The lowest BCUT2D eigenvalue weighted by molar-refractivity contribution is -0.116. The van der Waals surface area contributed by atoms with Crippen LogP contribution in [-0.2, 0) is 9.53 Å². The molecule has 154 valence electrons. The highest BCUT2D eigenvalue weighted by Crippen LogP contribution is 2.20. The maximum Gasteiger partial charge on any atom is 0.243 e. The van der Waals surface area contributed by atoms with Crippen LogP contribution < -0.4 is 15.5 Å². The molecule has 0 aliphatic carbocycles. The van der Waals surface area contributed by atoms with E-state index in [1.54, 1.807) is 4.90 Å². The molecule has 0 unspecified atom stereocenters. The summed E-state index contributed by atoms with van der Waals surface area (Å²) in [6.07, 6.45) is 0. The van der Waals surface area contributed by atoms with Gasteiger partial charge in [-0.15, -0.1) is 0 Å². The van der Waals surface area contributed by atoms with Gasteiger partial charge in [0.05, 0.1) is 19.8 Å². The van der Waals surface area contributed by atoms with E-state index in [2.05, 4.69) is 28.5 Å². The minimum Gasteiger partial charge on any atom is -0.378 e. The molecule has 2 aromatic rings. The SMILES string of the molecule is Cc1cccc(NC(=S)N(C)CC(=O)Nc2ccc(N3CCOCC3)cc2)c1C. The van der Waals surface area contributed by atoms with Crippen molar-refractivity contribution in [3.63, 3.8) is 0 Å². The average Bonchev–Trinajstić information content (AvgIpc) is 2.72. The van der Waals surface area contributed by atoms with Gasteiger partial charge in [-0.3, -0.25) is 4.79 Å². The summed E-state index contributed by atoms with van der Waals surface area (Å²) in [6.45, 7) is 7.56. The maximum absolute atomic E-state index is 12.4. The number of thiocarbonyl (C=S) groups is 1. The topological polar surface area (TPSA) is 56.8 Å². The standard InChI is InChI=1S/C22H28N4O2S/c1-16-5-4-6-20(17(16)2)24-22(29)25(3)15-21(27)23-18-7-9-19(10-8-18)26-11-13-28-14-12-26/h4-10H,11-15H2,1-3H3,(H,23,27)(H,24,29). The largest absolute Gasteiger partial charge is 0.378 e. The molecule has 0 saturated carbocycles. The molecule has 1 fully saturated rings. The quantitative estimate of drug-likeness (QED) is 0.734. The zero-order valence-corrected chi connectivity index (χ0v) is 18.0. The summed E-state index contributed by atoms with van der Waals surface area (Å²) in [6, 6.07) is 13.9. The molecule has 0 aromatic heterocycles. The van der Waals surface area contributed by atoms with Crippen LogP contribution in [-0.4, -0.2) is 55.8 Å². The molecule has 6 nitrogen and oxygen atoms in total. The van der Waals surface area contributed by atoms with E-state index in [9.17, 15) is 4.79 Å². The van der Waals surface area contributed by atoms with Gasteiger partial charge in [0.2, 0.25) is 5.91 Å². The van der Waals surface area contributed by atoms with Gasteiger partial charge in [-0.1, -0.05) is 12.1 Å². The minimum absolute atomic E-state index is 0.114. The lowest BCUT2D eigenvalue weighted by Crippen LogP contribution is -2.37. The number of carbonyl (C=O) groups is 1. The molecule has 0 atom stereocenters. The first kappa shape index (κ1) is 21.1. The summed E-state index contributed by atoms with van der Waals surface area (Å²) in [5.41, 5.74) is 5.21. The van der Waals surface area contributed by atoms with Gasteiger partial charge in [-0.05, 0) is 67.5 Å². The molecule has 2 N–H and O–H groups in total. The van der Waals surface area contributed by atoms with Crippen molar-refractivity contribution in [2.24, 2.45) is 0 Å². The smallest absolute Gasteiger partial charge is 0.243 e. The highest BCUT2D eigenvalue weighted by Gasteiger charge is 2.13. The second-order valence-electron chi connectivity index (χ2n) is 7.23. The summed E-state index contributed by atoms with van der Waals surface area (Å²) in [5, 5.41) is 6.67. The lowest BCUT2D eigenvalue weighted by atomic mass is 10.1. The molecule has 1 heterocycles. The van der Waals surface area contributed by atoms with E-state index in [1.165, 1.54) is 5.56 Å². The van der Waals surface area contributed by atoms with Crippen LogP contribution in [0.1, 0.15) is 11.1 Å². The second kappa shape index (κ2) is 9.71. The van der Waals surface area contributed by atoms with E-state index in [4.69, 9.17) is 17.0 Å². The predicted molar refractivity (Wildman–Crippen MR) is 123 cm³/mol. The number of anilines is 3. The van der Waals surface area contributed by atoms with Gasteiger partial charge in [-0.2, -0.15) is 0 Å². The van der Waals surface area contributed by atoms with E-state index in [1.807, 2.05) is 50.4 Å². The molecule has 1 saturated heterocycles. The number of aryl methyl sites for hydroxylation is 1. The fourth-order valence-electron chi connectivity index (χ4n) is 3.16. The van der Waals surface area contributed by atoms with Crippen molar-refractivity contribution in [2.45, 2.75) is 13.8 Å². The number of hydrogen-bond donors (Lipinski definition) is 2. The molecule has 0 spiro atoms. The Bertz CT molecular complexity index is 864. The minimum atomic E-state index is -0.114. The molecule has 1 aliphatic rings. The Hall–Kier alpha value is -2.64. The number of morpholine rings is 1. The van der Waals surface area contributed by atoms with E-state index < -0.39 is 0 Å². The Balaban J connectivity index is 1.51. The molecule has 29 heavy (non-hydrogen) atoms. The molecule has 1 aliphatic heterocycles. The van der Waals surface area contributed by atoms with Crippen LogP contribution in [0, 0.1) is 13.8 Å². The fraction of sp³-hybridized carbons (Fsp3) is 0.364. The maximum atomic E-state index is 12.4. The summed E-state index contributed by atoms with van der Waals surface area (Å²) >= 11 is 5.45. The van der Waals surface area contributed by atoms with Gasteiger partial charge in [0.15, 0.2) is 5.11 Å². The number of likely N-dealkylation sites (N-methyl/N-ethyl adjacent to an activating group) is 1. The molecular formula is C22H28N4O2S. The number of amides is 1. The fourth-order valence-corrected chi connectivity index (χ4v) is 3.34. The zero-order chi connectivity index (χ0) is 20.8. The Kier molecular flexibility index (Phi) is 7.06. The molecular weight excluding hydrogens is 384 g/mol. The van der Waals surface area contributed by atoms with Gasteiger partial charge >= 0.3 is 0 Å². The Morgan fingerprint density at radius 1 is 1.10 bits per heavy atom. The van der Waals surface area contributed by atoms with Crippen molar-refractivity contribution in [3.8, 4) is 0 Å². The van der Waals surface area contributed by atoms with Crippen LogP contribution >= 0.6 is 12.2 Å². The van der Waals surface area contributed by atoms with E-state index in [0.717, 1.165) is 48.9 Å². The summed E-state index contributed by atoms with van der Waals surface area (Å²) in [7, 11) is 1.81. The summed E-state index contributed by atoms with van der Waals surface area (Å²) in [5.74, 6) is -0.114. The number of hydrogen-bond acceptors (Lipinski definition) is 4. The van der Waals surface area contributed by atoms with Crippen molar-refractivity contribution in [1.82, 2.24) is 4.90 Å². The van der Waals surface area contributed by atoms with Crippen LogP contribution in [0.2, 0.25) is 0 Å². The first-order valence-electron chi connectivity index (χ1n) is 9.75. The highest BCUT2D eigenvalue weighted by molar-refractivity contribution is 7.80. The van der Waals surface area contributed by atoms with E-state index in [-0.39, 0.29) is 12.5 Å². The van der Waals surface area contributed by atoms with Gasteiger partial charge in [-0.25, -0.2) is 0 Å². The third kappa shape index (κ3) is 5.68. The number of ether oxygens (including phenoxy) is 1. The summed E-state index contributed by atoms with van der Waals surface area (Å²) in [4.78, 5) is 16.4. The Morgan fingerprint density at radius 3 is 2.48 bits per heavy atom. The van der Waals surface area contributed by atoms with Crippen LogP contribution in [0.4, 0.5) is 17.1 Å². The van der Waals surface area contributed by atoms with E-state index in [0.29, 0.717) is 5.11 Å². The van der Waals surface area contributed by atoms with Crippen LogP contribution in [0.25, 0.3) is 0 Å². The van der Waals surface area contributed by atoms with Crippen molar-refractivity contribution < 1.29 is 9.53 Å². The van der Waals surface area contributed by atoms with Crippen molar-refractivity contribution >= 4 is 40.3 Å². The number of benzene rings is 2. The number of nitrogens with one attached hydrogen (secondary N) is 2.